The monoisotopic (exact) mass is 249 g/mol. The van der Waals surface area contributed by atoms with Crippen LogP contribution in [-0.4, -0.2) is 16.1 Å². The van der Waals surface area contributed by atoms with Crippen molar-refractivity contribution in [2.45, 2.75) is 0 Å². The average Bonchev–Trinajstić information content (AvgIpc) is 1.88. The first-order valence-corrected chi connectivity index (χ1v) is 3.63. The Bertz CT molecular complexity index is 244. The SMILES string of the molecule is O=C(O)c1ccc(I)cn1. The number of pyridine rings is 1. The lowest BCUT2D eigenvalue weighted by molar-refractivity contribution is 0.0690. The Morgan fingerprint density at radius 2 is 2.30 bits per heavy atom. The van der Waals surface area contributed by atoms with E-state index in [0.29, 0.717) is 0 Å². The van der Waals surface area contributed by atoms with Gasteiger partial charge in [0.1, 0.15) is 5.69 Å². The lowest BCUT2D eigenvalue weighted by atomic mass is 10.4. The van der Waals surface area contributed by atoms with Crippen LogP contribution in [0.3, 0.4) is 0 Å². The van der Waals surface area contributed by atoms with E-state index in [-0.39, 0.29) is 5.69 Å². The number of nitrogens with zero attached hydrogens (tertiary/aromatic N) is 1. The molecule has 3 nitrogen and oxygen atoms in total. The predicted octanol–water partition coefficient (Wildman–Crippen LogP) is 1.38. The second kappa shape index (κ2) is 2.96. The standard InChI is InChI=1S/C6H4INO2/c7-4-1-2-5(6(9)10)8-3-4/h1-3H,(H,9,10). The van der Waals surface area contributed by atoms with Gasteiger partial charge in [0, 0.05) is 9.77 Å². The van der Waals surface area contributed by atoms with Crippen molar-refractivity contribution in [2.75, 3.05) is 0 Å². The van der Waals surface area contributed by atoms with E-state index in [0.717, 1.165) is 3.57 Å². The van der Waals surface area contributed by atoms with Gasteiger partial charge in [-0.2, -0.15) is 0 Å². The first kappa shape index (κ1) is 7.46. The van der Waals surface area contributed by atoms with Gasteiger partial charge in [-0.15, -0.1) is 0 Å². The van der Waals surface area contributed by atoms with E-state index in [1.54, 1.807) is 6.07 Å². The molecule has 52 valence electrons. The summed E-state index contributed by atoms with van der Waals surface area (Å²) in [6.07, 6.45) is 1.52. The van der Waals surface area contributed by atoms with E-state index in [4.69, 9.17) is 5.11 Å². The van der Waals surface area contributed by atoms with E-state index in [1.807, 2.05) is 0 Å². The predicted molar refractivity (Wildman–Crippen MR) is 43.9 cm³/mol. The number of aromatic carboxylic acids is 1. The molecule has 1 aromatic rings. The van der Waals surface area contributed by atoms with Crippen molar-refractivity contribution in [2.24, 2.45) is 0 Å². The Labute approximate surface area is 71.2 Å². The maximum absolute atomic E-state index is 10.2. The normalized spacial score (nSPS) is 9.30. The zero-order valence-electron chi connectivity index (χ0n) is 4.91. The number of carboxylic acids is 1. The summed E-state index contributed by atoms with van der Waals surface area (Å²) in [5.41, 5.74) is 0.0837. The molecule has 1 rings (SSSR count). The van der Waals surface area contributed by atoms with Crippen molar-refractivity contribution in [3.05, 3.63) is 27.6 Å². The zero-order chi connectivity index (χ0) is 7.56. The van der Waals surface area contributed by atoms with E-state index >= 15 is 0 Å². The highest BCUT2D eigenvalue weighted by atomic mass is 127. The molecule has 0 aromatic carbocycles. The van der Waals surface area contributed by atoms with Crippen molar-refractivity contribution in [3.8, 4) is 0 Å². The molecule has 0 bridgehead atoms. The molecule has 0 saturated heterocycles. The fourth-order valence-corrected chi connectivity index (χ4v) is 0.821. The third kappa shape index (κ3) is 1.66. The first-order valence-electron chi connectivity index (χ1n) is 2.55. The third-order valence-electron chi connectivity index (χ3n) is 0.947. The maximum Gasteiger partial charge on any atom is 0.354 e. The lowest BCUT2D eigenvalue weighted by Gasteiger charge is -1.90. The fraction of sp³-hybridized carbons (Fsp3) is 0. The van der Waals surface area contributed by atoms with Gasteiger partial charge in [0.15, 0.2) is 0 Å². The van der Waals surface area contributed by atoms with Crippen LogP contribution in [0.15, 0.2) is 18.3 Å². The number of aromatic nitrogens is 1. The van der Waals surface area contributed by atoms with Gasteiger partial charge in [-0.1, -0.05) is 0 Å². The molecule has 0 saturated carbocycles. The molecule has 0 unspecified atom stereocenters. The largest absolute Gasteiger partial charge is 0.477 e. The number of hydrogen-bond donors (Lipinski definition) is 1. The molecule has 10 heavy (non-hydrogen) atoms. The molecule has 0 aliphatic rings. The third-order valence-corrected chi connectivity index (χ3v) is 1.58. The zero-order valence-corrected chi connectivity index (χ0v) is 7.07. The van der Waals surface area contributed by atoms with Gasteiger partial charge in [-0.05, 0) is 34.7 Å². The summed E-state index contributed by atoms with van der Waals surface area (Å²) >= 11 is 2.06. The smallest absolute Gasteiger partial charge is 0.354 e. The molecular formula is C6H4INO2. The fourth-order valence-electron chi connectivity index (χ4n) is 0.502. The molecule has 0 amide bonds. The molecule has 0 aliphatic carbocycles. The highest BCUT2D eigenvalue weighted by molar-refractivity contribution is 14.1. The summed E-state index contributed by atoms with van der Waals surface area (Å²) in [6, 6.07) is 3.18. The van der Waals surface area contributed by atoms with Gasteiger partial charge in [0.2, 0.25) is 0 Å². The number of halogens is 1. The summed E-state index contributed by atoms with van der Waals surface area (Å²) in [7, 11) is 0. The Kier molecular flexibility index (Phi) is 2.21. The van der Waals surface area contributed by atoms with Crippen molar-refractivity contribution >= 4 is 28.6 Å². The van der Waals surface area contributed by atoms with Gasteiger partial charge in [0.05, 0.1) is 0 Å². The quantitative estimate of drug-likeness (QED) is 0.765. The topological polar surface area (TPSA) is 50.2 Å². The van der Waals surface area contributed by atoms with Crippen molar-refractivity contribution < 1.29 is 9.90 Å². The molecule has 1 N–H and O–H groups in total. The van der Waals surface area contributed by atoms with E-state index in [9.17, 15) is 4.79 Å². The summed E-state index contributed by atoms with van der Waals surface area (Å²) in [6.45, 7) is 0. The molecule has 1 heterocycles. The van der Waals surface area contributed by atoms with Crippen molar-refractivity contribution in [1.29, 1.82) is 0 Å². The highest BCUT2D eigenvalue weighted by Crippen LogP contribution is 2.02. The summed E-state index contributed by atoms with van der Waals surface area (Å²) in [5.74, 6) is -0.989. The van der Waals surface area contributed by atoms with Gasteiger partial charge in [0.25, 0.3) is 0 Å². The van der Waals surface area contributed by atoms with E-state index < -0.39 is 5.97 Å². The Morgan fingerprint density at radius 3 is 2.70 bits per heavy atom. The first-order chi connectivity index (χ1) is 4.70. The molecule has 0 aliphatic heterocycles. The van der Waals surface area contributed by atoms with Crippen LogP contribution in [0.25, 0.3) is 0 Å². The molecule has 4 heteroatoms. The van der Waals surface area contributed by atoms with Crippen molar-refractivity contribution in [1.82, 2.24) is 4.98 Å². The molecule has 0 radical (unpaired) electrons. The average molecular weight is 249 g/mol. The van der Waals surface area contributed by atoms with Gasteiger partial charge in [-0.25, -0.2) is 9.78 Å². The molecular weight excluding hydrogens is 245 g/mol. The molecule has 0 atom stereocenters. The Hall–Kier alpha value is -0.650. The number of hydrogen-bond acceptors (Lipinski definition) is 2. The summed E-state index contributed by atoms with van der Waals surface area (Å²) in [4.78, 5) is 13.9. The van der Waals surface area contributed by atoms with Crippen LogP contribution in [0, 0.1) is 3.57 Å². The van der Waals surface area contributed by atoms with Crippen LogP contribution in [0.5, 0.6) is 0 Å². The minimum atomic E-state index is -0.989. The highest BCUT2D eigenvalue weighted by Gasteiger charge is 2.01. The van der Waals surface area contributed by atoms with Gasteiger partial charge >= 0.3 is 5.97 Å². The van der Waals surface area contributed by atoms with Crippen molar-refractivity contribution in [3.63, 3.8) is 0 Å². The number of carbonyl (C=O) groups is 1. The van der Waals surface area contributed by atoms with Crippen LogP contribution in [0.4, 0.5) is 0 Å². The van der Waals surface area contributed by atoms with Crippen LogP contribution >= 0.6 is 22.6 Å². The van der Waals surface area contributed by atoms with Gasteiger partial charge < -0.3 is 5.11 Å². The second-order valence-corrected chi connectivity index (χ2v) is 2.91. The number of carboxylic acid groups (broad SMARTS) is 1. The molecule has 1 aromatic heterocycles. The lowest BCUT2D eigenvalue weighted by Crippen LogP contribution is -1.98. The maximum atomic E-state index is 10.2. The van der Waals surface area contributed by atoms with Crippen LogP contribution in [0.2, 0.25) is 0 Å². The number of rotatable bonds is 1. The van der Waals surface area contributed by atoms with Gasteiger partial charge in [-0.3, -0.25) is 0 Å². The second-order valence-electron chi connectivity index (χ2n) is 1.67. The van der Waals surface area contributed by atoms with E-state index in [2.05, 4.69) is 27.6 Å². The van der Waals surface area contributed by atoms with E-state index in [1.165, 1.54) is 12.3 Å². The van der Waals surface area contributed by atoms with Crippen LogP contribution < -0.4 is 0 Å². The Balaban J connectivity index is 3.00. The minimum absolute atomic E-state index is 0.0837. The summed E-state index contributed by atoms with van der Waals surface area (Å²) < 4.78 is 0.933. The summed E-state index contributed by atoms with van der Waals surface area (Å²) in [5, 5.41) is 8.41. The Morgan fingerprint density at radius 1 is 1.60 bits per heavy atom. The molecule has 0 fully saturated rings. The van der Waals surface area contributed by atoms with Crippen LogP contribution in [0.1, 0.15) is 10.5 Å². The molecule has 0 spiro atoms. The minimum Gasteiger partial charge on any atom is -0.477 e. The van der Waals surface area contributed by atoms with Crippen LogP contribution in [-0.2, 0) is 0 Å².